The summed E-state index contributed by atoms with van der Waals surface area (Å²) >= 11 is 1.97. The van der Waals surface area contributed by atoms with Crippen molar-refractivity contribution >= 4 is 11.8 Å². The summed E-state index contributed by atoms with van der Waals surface area (Å²) in [6, 6.07) is 0. The van der Waals surface area contributed by atoms with E-state index in [1.54, 1.807) is 0 Å². The Kier molecular flexibility index (Phi) is 4.99. The van der Waals surface area contributed by atoms with Crippen molar-refractivity contribution in [1.29, 1.82) is 0 Å². The van der Waals surface area contributed by atoms with Gasteiger partial charge in [0.05, 0.1) is 6.10 Å². The molecule has 1 unspecified atom stereocenters. The van der Waals surface area contributed by atoms with Crippen molar-refractivity contribution in [2.75, 3.05) is 24.7 Å². The minimum absolute atomic E-state index is 0.540. The molecule has 2 N–H and O–H groups in total. The first-order valence-electron chi connectivity index (χ1n) is 4.33. The van der Waals surface area contributed by atoms with E-state index < -0.39 is 0 Å². The molecule has 0 spiro atoms. The van der Waals surface area contributed by atoms with Gasteiger partial charge in [0.1, 0.15) is 0 Å². The molecule has 0 aromatic heterocycles. The monoisotopic (exact) mass is 175 g/mol. The third-order valence-electron chi connectivity index (χ3n) is 1.82. The highest BCUT2D eigenvalue weighted by atomic mass is 32.2. The van der Waals surface area contributed by atoms with Crippen molar-refractivity contribution < 1.29 is 4.74 Å². The van der Waals surface area contributed by atoms with Gasteiger partial charge in [0.25, 0.3) is 0 Å². The Hall–Kier alpha value is 0.270. The number of thioether (sulfide) groups is 1. The van der Waals surface area contributed by atoms with Crippen LogP contribution in [0, 0.1) is 0 Å². The molecule has 1 aliphatic heterocycles. The van der Waals surface area contributed by atoms with Gasteiger partial charge in [0, 0.05) is 12.4 Å². The number of hydrogen-bond donors (Lipinski definition) is 1. The van der Waals surface area contributed by atoms with E-state index in [9.17, 15) is 0 Å². The summed E-state index contributed by atoms with van der Waals surface area (Å²) in [6.07, 6.45) is 4.19. The summed E-state index contributed by atoms with van der Waals surface area (Å²) in [4.78, 5) is 0. The minimum Gasteiger partial charge on any atom is -0.377 e. The Labute approximate surface area is 72.9 Å². The Balaban J connectivity index is 1.86. The van der Waals surface area contributed by atoms with E-state index in [-0.39, 0.29) is 0 Å². The predicted octanol–water partition coefficient (Wildman–Crippen LogP) is 1.25. The lowest BCUT2D eigenvalue weighted by Crippen LogP contribution is -2.09. The number of hydrogen-bond acceptors (Lipinski definition) is 3. The van der Waals surface area contributed by atoms with Crippen LogP contribution in [0.2, 0.25) is 0 Å². The maximum absolute atomic E-state index is 5.48. The molecule has 1 fully saturated rings. The van der Waals surface area contributed by atoms with Crippen LogP contribution >= 0.6 is 11.8 Å². The van der Waals surface area contributed by atoms with Gasteiger partial charge in [-0.1, -0.05) is 0 Å². The molecule has 1 rings (SSSR count). The average Bonchev–Trinajstić information content (AvgIpc) is 2.50. The SMILES string of the molecule is NCCCSCC1CCCO1. The molecule has 11 heavy (non-hydrogen) atoms. The van der Waals surface area contributed by atoms with E-state index >= 15 is 0 Å². The van der Waals surface area contributed by atoms with Crippen molar-refractivity contribution in [2.45, 2.75) is 25.4 Å². The van der Waals surface area contributed by atoms with Crippen LogP contribution in [0.4, 0.5) is 0 Å². The number of rotatable bonds is 5. The molecule has 1 atom stereocenters. The molecule has 0 aliphatic carbocycles. The quantitative estimate of drug-likeness (QED) is 0.639. The van der Waals surface area contributed by atoms with Crippen LogP contribution in [-0.2, 0) is 4.74 Å². The van der Waals surface area contributed by atoms with Gasteiger partial charge in [-0.05, 0) is 31.6 Å². The Morgan fingerprint density at radius 2 is 2.45 bits per heavy atom. The average molecular weight is 175 g/mol. The molecule has 1 saturated heterocycles. The fraction of sp³-hybridized carbons (Fsp3) is 1.00. The van der Waals surface area contributed by atoms with E-state index in [2.05, 4.69) is 0 Å². The van der Waals surface area contributed by atoms with Gasteiger partial charge in [-0.15, -0.1) is 0 Å². The molecular formula is C8H17NOS. The Bertz CT molecular complexity index is 94.1. The second-order valence-electron chi connectivity index (χ2n) is 2.85. The van der Waals surface area contributed by atoms with E-state index in [4.69, 9.17) is 10.5 Å². The van der Waals surface area contributed by atoms with Crippen LogP contribution in [0.15, 0.2) is 0 Å². The molecule has 0 aromatic rings. The van der Waals surface area contributed by atoms with Gasteiger partial charge in [0.2, 0.25) is 0 Å². The van der Waals surface area contributed by atoms with E-state index in [1.165, 1.54) is 24.3 Å². The highest BCUT2D eigenvalue weighted by Gasteiger charge is 2.14. The molecule has 0 aromatic carbocycles. The molecule has 0 radical (unpaired) electrons. The van der Waals surface area contributed by atoms with E-state index in [0.29, 0.717) is 6.10 Å². The number of nitrogens with two attached hydrogens (primary N) is 1. The second-order valence-corrected chi connectivity index (χ2v) is 4.00. The van der Waals surface area contributed by atoms with Gasteiger partial charge in [-0.2, -0.15) is 11.8 Å². The lowest BCUT2D eigenvalue weighted by molar-refractivity contribution is 0.129. The summed E-state index contributed by atoms with van der Waals surface area (Å²) in [5.41, 5.74) is 5.38. The highest BCUT2D eigenvalue weighted by molar-refractivity contribution is 7.99. The molecule has 1 heterocycles. The summed E-state index contributed by atoms with van der Waals surface area (Å²) in [6.45, 7) is 1.79. The maximum Gasteiger partial charge on any atom is 0.0666 e. The zero-order chi connectivity index (χ0) is 7.94. The fourth-order valence-electron chi connectivity index (χ4n) is 1.18. The molecule has 3 heteroatoms. The molecule has 0 bridgehead atoms. The minimum atomic E-state index is 0.540. The molecular weight excluding hydrogens is 158 g/mol. The molecule has 0 amide bonds. The molecule has 1 aliphatic rings. The van der Waals surface area contributed by atoms with Crippen LogP contribution < -0.4 is 5.73 Å². The third-order valence-corrected chi connectivity index (χ3v) is 3.01. The normalized spacial score (nSPS) is 24.3. The van der Waals surface area contributed by atoms with Crippen LogP contribution in [0.25, 0.3) is 0 Å². The van der Waals surface area contributed by atoms with Crippen molar-refractivity contribution in [3.8, 4) is 0 Å². The first-order chi connectivity index (χ1) is 5.43. The van der Waals surface area contributed by atoms with E-state index in [1.807, 2.05) is 11.8 Å². The molecule has 66 valence electrons. The van der Waals surface area contributed by atoms with Crippen LogP contribution in [-0.4, -0.2) is 30.8 Å². The lowest BCUT2D eigenvalue weighted by atomic mass is 10.3. The largest absolute Gasteiger partial charge is 0.377 e. The molecule has 0 saturated carbocycles. The zero-order valence-corrected chi connectivity index (χ0v) is 7.74. The van der Waals surface area contributed by atoms with Crippen LogP contribution in [0.1, 0.15) is 19.3 Å². The Morgan fingerprint density at radius 3 is 3.09 bits per heavy atom. The van der Waals surface area contributed by atoms with Gasteiger partial charge in [0.15, 0.2) is 0 Å². The van der Waals surface area contributed by atoms with Gasteiger partial charge < -0.3 is 10.5 Å². The highest BCUT2D eigenvalue weighted by Crippen LogP contribution is 2.17. The van der Waals surface area contributed by atoms with Gasteiger partial charge in [-0.25, -0.2) is 0 Å². The van der Waals surface area contributed by atoms with Crippen LogP contribution in [0.5, 0.6) is 0 Å². The van der Waals surface area contributed by atoms with Crippen molar-refractivity contribution in [3.63, 3.8) is 0 Å². The summed E-state index contributed by atoms with van der Waals surface area (Å²) in [7, 11) is 0. The van der Waals surface area contributed by atoms with Gasteiger partial charge >= 0.3 is 0 Å². The first-order valence-corrected chi connectivity index (χ1v) is 5.48. The predicted molar refractivity (Wildman–Crippen MR) is 50.0 cm³/mol. The van der Waals surface area contributed by atoms with Gasteiger partial charge in [-0.3, -0.25) is 0 Å². The standard InChI is InChI=1S/C8H17NOS/c9-4-2-6-11-7-8-3-1-5-10-8/h8H,1-7,9H2. The fourth-order valence-corrected chi connectivity index (χ4v) is 2.24. The summed E-state index contributed by atoms with van der Waals surface area (Å²) < 4.78 is 5.48. The van der Waals surface area contributed by atoms with Crippen molar-refractivity contribution in [1.82, 2.24) is 0 Å². The smallest absolute Gasteiger partial charge is 0.0666 e. The maximum atomic E-state index is 5.48. The lowest BCUT2D eigenvalue weighted by Gasteiger charge is -2.07. The number of ether oxygens (including phenoxy) is 1. The third kappa shape index (κ3) is 3.99. The summed E-state index contributed by atoms with van der Waals surface area (Å²) in [5.74, 6) is 2.36. The van der Waals surface area contributed by atoms with Crippen LogP contribution in [0.3, 0.4) is 0 Å². The van der Waals surface area contributed by atoms with E-state index in [0.717, 1.165) is 19.6 Å². The van der Waals surface area contributed by atoms with Crippen molar-refractivity contribution in [2.24, 2.45) is 5.73 Å². The molecule has 2 nitrogen and oxygen atoms in total. The van der Waals surface area contributed by atoms with Crippen molar-refractivity contribution in [3.05, 3.63) is 0 Å². The second kappa shape index (κ2) is 5.86. The first kappa shape index (κ1) is 9.36. The zero-order valence-electron chi connectivity index (χ0n) is 6.92. The summed E-state index contributed by atoms with van der Waals surface area (Å²) in [5, 5.41) is 0. The topological polar surface area (TPSA) is 35.2 Å². The Morgan fingerprint density at radius 1 is 1.55 bits per heavy atom.